The molecule has 1 aliphatic rings. The van der Waals surface area contributed by atoms with E-state index in [1.807, 2.05) is 32.0 Å². The Bertz CT molecular complexity index is 1130. The maximum absolute atomic E-state index is 10.7. The van der Waals surface area contributed by atoms with Gasteiger partial charge in [-0.25, -0.2) is 0 Å². The quantitative estimate of drug-likeness (QED) is 0.429. The fraction of sp³-hybridized carbons (Fsp3) is 0.375. The lowest BCUT2D eigenvalue weighted by atomic mass is 9.99. The largest absolute Gasteiger partial charge is 0.489 e. The van der Waals surface area contributed by atoms with Crippen LogP contribution in [0.1, 0.15) is 37.8 Å². The first kappa shape index (κ1) is 23.1. The van der Waals surface area contributed by atoms with Gasteiger partial charge >= 0.3 is 5.97 Å². The van der Waals surface area contributed by atoms with Gasteiger partial charge < -0.3 is 24.6 Å². The Morgan fingerprint density at radius 3 is 2.91 bits per heavy atom. The standard InChI is InChI=1S/C24H27ClN4O4/c1-15(2)32-21-8-6-18(13-19(21)25)23-27-24(28-33-23)29-11-3-4-17-12-16(5-7-20(17)29)14-26-10-9-22(30)31/h5-8,12-13,15,26H,3-4,9-11,14H2,1-2H3,(H,30,31). The Kier molecular flexibility index (Phi) is 7.15. The van der Waals surface area contributed by atoms with Crippen molar-refractivity contribution in [1.82, 2.24) is 15.5 Å². The number of aryl methyl sites for hydroxylation is 1. The lowest BCUT2D eigenvalue weighted by Gasteiger charge is -2.28. The smallest absolute Gasteiger partial charge is 0.304 e. The molecule has 0 saturated heterocycles. The number of nitrogens with zero attached hydrogens (tertiary/aromatic N) is 3. The van der Waals surface area contributed by atoms with Gasteiger partial charge in [0.1, 0.15) is 5.75 Å². The van der Waals surface area contributed by atoms with Crippen LogP contribution < -0.4 is 15.0 Å². The molecule has 0 aliphatic carbocycles. The van der Waals surface area contributed by atoms with Crippen molar-refractivity contribution in [2.75, 3.05) is 18.0 Å². The number of carboxylic acid groups (broad SMARTS) is 1. The van der Waals surface area contributed by atoms with Gasteiger partial charge in [-0.1, -0.05) is 23.7 Å². The predicted octanol–water partition coefficient (Wildman–Crippen LogP) is 4.83. The van der Waals surface area contributed by atoms with Crippen molar-refractivity contribution in [2.24, 2.45) is 0 Å². The number of benzene rings is 2. The SMILES string of the molecule is CC(C)Oc1ccc(-c2nc(N3CCCc4cc(CNCCC(=O)O)ccc43)no2)cc1Cl. The van der Waals surface area contributed by atoms with E-state index < -0.39 is 5.97 Å². The molecule has 0 saturated carbocycles. The summed E-state index contributed by atoms with van der Waals surface area (Å²) in [6.07, 6.45) is 2.08. The topological polar surface area (TPSA) is 101 Å². The molecule has 33 heavy (non-hydrogen) atoms. The first-order valence-corrected chi connectivity index (χ1v) is 11.4. The maximum atomic E-state index is 10.7. The number of aromatic nitrogens is 2. The van der Waals surface area contributed by atoms with E-state index in [2.05, 4.69) is 32.5 Å². The lowest BCUT2D eigenvalue weighted by molar-refractivity contribution is -0.136. The monoisotopic (exact) mass is 470 g/mol. The van der Waals surface area contributed by atoms with Gasteiger partial charge in [-0.3, -0.25) is 4.79 Å². The maximum Gasteiger partial charge on any atom is 0.304 e. The van der Waals surface area contributed by atoms with Gasteiger partial charge in [-0.2, -0.15) is 4.98 Å². The van der Waals surface area contributed by atoms with E-state index in [9.17, 15) is 4.79 Å². The zero-order valence-electron chi connectivity index (χ0n) is 18.7. The van der Waals surface area contributed by atoms with Gasteiger partial charge in [-0.05, 0) is 67.2 Å². The predicted molar refractivity (Wildman–Crippen MR) is 126 cm³/mol. The van der Waals surface area contributed by atoms with Crippen LogP contribution in [0.15, 0.2) is 40.9 Å². The average Bonchev–Trinajstić information content (AvgIpc) is 3.27. The number of ether oxygens (including phenoxy) is 1. The molecule has 8 nitrogen and oxygen atoms in total. The van der Waals surface area contributed by atoms with Gasteiger partial charge in [0.05, 0.1) is 17.5 Å². The van der Waals surface area contributed by atoms with Crippen LogP contribution in [0, 0.1) is 0 Å². The van der Waals surface area contributed by atoms with Crippen molar-refractivity contribution in [3.8, 4) is 17.2 Å². The van der Waals surface area contributed by atoms with Crippen LogP contribution in [0.25, 0.3) is 11.5 Å². The molecule has 0 atom stereocenters. The van der Waals surface area contributed by atoms with Crippen LogP contribution in [0.5, 0.6) is 5.75 Å². The normalized spacial score (nSPS) is 13.3. The zero-order valence-corrected chi connectivity index (χ0v) is 19.4. The number of hydrogen-bond acceptors (Lipinski definition) is 7. The Labute approximate surface area is 197 Å². The number of rotatable bonds is 9. The van der Waals surface area contributed by atoms with Gasteiger partial charge in [0.15, 0.2) is 0 Å². The number of carboxylic acids is 1. The molecule has 0 amide bonds. The summed E-state index contributed by atoms with van der Waals surface area (Å²) < 4.78 is 11.2. The van der Waals surface area contributed by atoms with E-state index in [0.717, 1.165) is 36.2 Å². The van der Waals surface area contributed by atoms with Crippen LogP contribution in [-0.2, 0) is 17.8 Å². The second kappa shape index (κ2) is 10.2. The van der Waals surface area contributed by atoms with Crippen LogP contribution >= 0.6 is 11.6 Å². The summed E-state index contributed by atoms with van der Waals surface area (Å²) in [6.45, 7) is 5.76. The van der Waals surface area contributed by atoms with Gasteiger partial charge in [0.25, 0.3) is 11.8 Å². The third-order valence-corrected chi connectivity index (χ3v) is 5.60. The Balaban J connectivity index is 1.49. The molecule has 0 bridgehead atoms. The number of hydrogen-bond donors (Lipinski definition) is 2. The summed E-state index contributed by atoms with van der Waals surface area (Å²) in [5.74, 6) is 0.727. The molecule has 2 heterocycles. The third-order valence-electron chi connectivity index (χ3n) is 5.31. The minimum absolute atomic E-state index is 0.0311. The molecule has 3 aromatic rings. The lowest BCUT2D eigenvalue weighted by Crippen LogP contribution is -2.26. The van der Waals surface area contributed by atoms with E-state index in [-0.39, 0.29) is 12.5 Å². The highest BCUT2D eigenvalue weighted by atomic mass is 35.5. The Hall–Kier alpha value is -3.10. The van der Waals surface area contributed by atoms with E-state index in [4.69, 9.17) is 26.0 Å². The minimum Gasteiger partial charge on any atom is -0.489 e. The molecule has 0 unspecified atom stereocenters. The fourth-order valence-corrected chi connectivity index (χ4v) is 4.05. The van der Waals surface area contributed by atoms with E-state index >= 15 is 0 Å². The van der Waals surface area contributed by atoms with Crippen LogP contribution in [-0.4, -0.2) is 40.4 Å². The number of fused-ring (bicyclic) bond motifs is 1. The summed E-state index contributed by atoms with van der Waals surface area (Å²) >= 11 is 6.36. The van der Waals surface area contributed by atoms with Gasteiger partial charge in [0.2, 0.25) is 0 Å². The molecular formula is C24H27ClN4O4. The highest BCUT2D eigenvalue weighted by molar-refractivity contribution is 6.32. The van der Waals surface area contributed by atoms with Crippen molar-refractivity contribution in [1.29, 1.82) is 0 Å². The third kappa shape index (κ3) is 5.64. The minimum atomic E-state index is -0.801. The molecule has 4 rings (SSSR count). The Morgan fingerprint density at radius 1 is 1.30 bits per heavy atom. The summed E-state index contributed by atoms with van der Waals surface area (Å²) in [7, 11) is 0. The van der Waals surface area contributed by atoms with Gasteiger partial charge in [-0.15, -0.1) is 0 Å². The molecule has 1 aliphatic heterocycles. The van der Waals surface area contributed by atoms with E-state index in [1.54, 1.807) is 6.07 Å². The molecular weight excluding hydrogens is 444 g/mol. The van der Waals surface area contributed by atoms with Crippen LogP contribution in [0.2, 0.25) is 5.02 Å². The van der Waals surface area contributed by atoms with E-state index in [0.29, 0.717) is 35.7 Å². The van der Waals surface area contributed by atoms with Crippen molar-refractivity contribution in [2.45, 2.75) is 45.8 Å². The number of anilines is 2. The summed E-state index contributed by atoms with van der Waals surface area (Å²) in [5, 5.41) is 16.6. The summed E-state index contributed by atoms with van der Waals surface area (Å²) in [5.41, 5.74) is 4.12. The molecule has 0 spiro atoms. The highest BCUT2D eigenvalue weighted by Gasteiger charge is 2.23. The first-order valence-electron chi connectivity index (χ1n) is 11.0. The van der Waals surface area contributed by atoms with Crippen molar-refractivity contribution >= 4 is 29.2 Å². The number of carbonyl (C=O) groups is 1. The van der Waals surface area contributed by atoms with Gasteiger partial charge in [0, 0.05) is 30.9 Å². The summed E-state index contributed by atoms with van der Waals surface area (Å²) in [6, 6.07) is 11.7. The molecule has 174 valence electrons. The van der Waals surface area contributed by atoms with Crippen molar-refractivity contribution in [3.63, 3.8) is 0 Å². The molecule has 2 aromatic carbocycles. The second-order valence-corrected chi connectivity index (χ2v) is 8.66. The number of halogens is 1. The molecule has 9 heteroatoms. The molecule has 0 radical (unpaired) electrons. The van der Waals surface area contributed by atoms with E-state index in [1.165, 1.54) is 5.56 Å². The van der Waals surface area contributed by atoms with Crippen LogP contribution in [0.4, 0.5) is 11.6 Å². The fourth-order valence-electron chi connectivity index (χ4n) is 3.82. The summed E-state index contributed by atoms with van der Waals surface area (Å²) in [4.78, 5) is 17.3. The average molecular weight is 471 g/mol. The first-order chi connectivity index (χ1) is 15.9. The number of aliphatic carboxylic acids is 1. The van der Waals surface area contributed by atoms with Crippen LogP contribution in [0.3, 0.4) is 0 Å². The molecule has 2 N–H and O–H groups in total. The Morgan fingerprint density at radius 2 is 2.15 bits per heavy atom. The highest BCUT2D eigenvalue weighted by Crippen LogP contribution is 2.35. The molecule has 1 aromatic heterocycles. The zero-order chi connectivity index (χ0) is 23.4. The number of nitrogens with one attached hydrogen (secondary N) is 1. The van der Waals surface area contributed by atoms with Crippen molar-refractivity contribution < 1.29 is 19.2 Å². The second-order valence-electron chi connectivity index (χ2n) is 8.25. The van der Waals surface area contributed by atoms with Crippen molar-refractivity contribution in [3.05, 3.63) is 52.5 Å². The molecule has 0 fully saturated rings.